The van der Waals surface area contributed by atoms with Gasteiger partial charge in [-0.05, 0) is 160 Å². The second kappa shape index (κ2) is 55.2. The van der Waals surface area contributed by atoms with E-state index in [2.05, 4.69) is 41.9 Å². The molecule has 0 radical (unpaired) electrons. The average Bonchev–Trinajstić information content (AvgIpc) is 0.923. The maximum atomic E-state index is 15.6. The lowest BCUT2D eigenvalue weighted by molar-refractivity contribution is -0.144. The highest BCUT2D eigenvalue weighted by atomic mass is 32.2. The van der Waals surface area contributed by atoms with Crippen LogP contribution in [0, 0.1) is 59.0 Å². The SMILES string of the molecule is CC(C)C[C@H](NC(=O)[C@H](CCc1ccccc1)CC(=O)CN1CCOCC1)C(=O)C[C@@H](Cc1ccccc1)C(=O)N[C@@H](CC(C)C)C(=O)C(C)(O)COS(=O)(=O)c1ccc(F)c(C(=O)CCc2cn(Cn3cc(CCC(=O)c4cc(S(=O)(=O)OCC(C)(O)C(=O)[C@H](CC(C)C)NC(=O)[C@@H](CC(=O)[C@H](CC(C)C)NC(=O)[C@H](CCc5ccccc5)CC(=O)CN5CCOCC5)Cc5ccccc5)ccc4F)nn3)nn2)c1. The summed E-state index contributed by atoms with van der Waals surface area (Å²) in [7, 11) is -9.98. The summed E-state index contributed by atoms with van der Waals surface area (Å²) in [6, 6.07) is 36.1. The maximum Gasteiger partial charge on any atom is 0.297 e. The predicted octanol–water partition coefficient (Wildman–Crippen LogP) is 10.2. The normalized spacial score (nSPS) is 15.9. The zero-order valence-corrected chi connectivity index (χ0v) is 85.9. The molecule has 2 unspecified atom stereocenters. The number of nitrogens with one attached hydrogen (secondary N) is 4. The molecule has 2 aromatic heterocycles. The molecule has 2 aliphatic heterocycles. The minimum atomic E-state index is -4.99. The number of carbonyl (C=O) groups is 12. The third kappa shape index (κ3) is 37.0. The summed E-state index contributed by atoms with van der Waals surface area (Å²) >= 11 is 0. The summed E-state index contributed by atoms with van der Waals surface area (Å²) in [6.07, 6.45) is 2.63. The third-order valence-electron chi connectivity index (χ3n) is 25.5. The number of rotatable bonds is 62. The van der Waals surface area contributed by atoms with Crippen molar-refractivity contribution in [2.45, 2.75) is 237 Å². The van der Waals surface area contributed by atoms with Gasteiger partial charge < -0.3 is 41.0 Å². The van der Waals surface area contributed by atoms with Crippen molar-refractivity contribution >= 4 is 90.1 Å². The van der Waals surface area contributed by atoms with Crippen molar-refractivity contribution < 1.29 is 111 Å². The van der Waals surface area contributed by atoms with E-state index in [0.29, 0.717) is 89.4 Å². The zero-order valence-electron chi connectivity index (χ0n) is 84.2. The largest absolute Gasteiger partial charge is 0.380 e. The first kappa shape index (κ1) is 115. The van der Waals surface area contributed by atoms with Crippen molar-refractivity contribution in [3.63, 3.8) is 0 Å². The fourth-order valence-corrected chi connectivity index (χ4v) is 19.6. The molecule has 34 nitrogen and oxygen atoms in total. The van der Waals surface area contributed by atoms with E-state index in [9.17, 15) is 84.6 Å². The van der Waals surface area contributed by atoms with Crippen LogP contribution in [0.4, 0.5) is 8.78 Å². The van der Waals surface area contributed by atoms with Gasteiger partial charge in [-0.2, -0.15) is 16.8 Å². The van der Waals surface area contributed by atoms with Crippen molar-refractivity contribution in [2.24, 2.45) is 47.3 Å². The Morgan fingerprint density at radius 3 is 1.06 bits per heavy atom. The van der Waals surface area contributed by atoms with Crippen molar-refractivity contribution in [3.05, 3.63) is 227 Å². The minimum Gasteiger partial charge on any atom is -0.380 e. The number of carbonyl (C=O) groups excluding carboxylic acids is 12. The number of ether oxygens (including phenoxy) is 2. The van der Waals surface area contributed by atoms with Crippen LogP contribution in [0.2, 0.25) is 0 Å². The van der Waals surface area contributed by atoms with Gasteiger partial charge in [-0.3, -0.25) is 75.7 Å². The first-order valence-corrected chi connectivity index (χ1v) is 52.5. The van der Waals surface area contributed by atoms with E-state index in [-0.39, 0.29) is 131 Å². The molecule has 4 heterocycles. The number of benzene rings is 6. The van der Waals surface area contributed by atoms with Gasteiger partial charge in [0.05, 0.1) is 108 Å². The topological polar surface area (TPSA) is 467 Å². The van der Waals surface area contributed by atoms with Gasteiger partial charge in [-0.25, -0.2) is 18.1 Å². The Labute approximate surface area is 847 Å². The van der Waals surface area contributed by atoms with E-state index in [1.54, 1.807) is 88.4 Å². The van der Waals surface area contributed by atoms with Crippen molar-refractivity contribution in [3.8, 4) is 0 Å². The molecule has 10 rings (SSSR count). The highest BCUT2D eigenvalue weighted by Crippen LogP contribution is 2.30. The van der Waals surface area contributed by atoms with E-state index >= 15 is 8.78 Å². The monoisotopic (exact) mass is 2040 g/mol. The molecule has 2 aliphatic rings. The number of morpholine rings is 2. The van der Waals surface area contributed by atoms with Crippen molar-refractivity contribution in [1.29, 1.82) is 0 Å². The molecular formula is C107H138F2N12O22S2. The van der Waals surface area contributed by atoms with Crippen LogP contribution in [0.3, 0.4) is 0 Å². The van der Waals surface area contributed by atoms with Gasteiger partial charge in [0.25, 0.3) is 20.2 Å². The molecule has 4 amide bonds. The number of hydrogen-bond acceptors (Lipinski definition) is 28. The molecule has 6 aromatic carbocycles. The Kier molecular flexibility index (Phi) is 43.8. The molecule has 38 heteroatoms. The number of nitrogens with zero attached hydrogens (tertiary/aromatic N) is 8. The number of aromatic nitrogens is 6. The molecule has 784 valence electrons. The van der Waals surface area contributed by atoms with Crippen LogP contribution in [0.15, 0.2) is 180 Å². The average molecular weight is 2050 g/mol. The molecule has 145 heavy (non-hydrogen) atoms. The van der Waals surface area contributed by atoms with Gasteiger partial charge in [0.1, 0.15) is 54.3 Å². The van der Waals surface area contributed by atoms with E-state index in [4.69, 9.17) is 17.8 Å². The van der Waals surface area contributed by atoms with Gasteiger partial charge in [0.15, 0.2) is 34.7 Å². The van der Waals surface area contributed by atoms with Crippen LogP contribution in [-0.4, -0.2) is 251 Å². The molecule has 0 saturated carbocycles. The second-order valence-electron chi connectivity index (χ2n) is 40.1. The van der Waals surface area contributed by atoms with Gasteiger partial charge in [0.2, 0.25) is 23.6 Å². The highest BCUT2D eigenvalue weighted by Gasteiger charge is 2.44. The van der Waals surface area contributed by atoms with E-state index in [1.807, 2.05) is 98.2 Å². The smallest absolute Gasteiger partial charge is 0.297 e. The van der Waals surface area contributed by atoms with Gasteiger partial charge in [-0.15, -0.1) is 10.2 Å². The summed E-state index contributed by atoms with van der Waals surface area (Å²) in [4.78, 5) is 174. The number of aryl methyl sites for hydroxylation is 4. The number of aliphatic hydroxyl groups is 2. The predicted molar refractivity (Wildman–Crippen MR) is 533 cm³/mol. The zero-order chi connectivity index (χ0) is 105. The Morgan fingerprint density at radius 2 is 0.724 bits per heavy atom. The fraction of sp³-hybridized carbons (Fsp3) is 0.514. The second-order valence-corrected chi connectivity index (χ2v) is 43.3. The van der Waals surface area contributed by atoms with E-state index in [1.165, 1.54) is 21.8 Å². The van der Waals surface area contributed by atoms with Crippen LogP contribution in [0.25, 0.3) is 0 Å². The quantitative estimate of drug-likeness (QED) is 0.0152. The van der Waals surface area contributed by atoms with Crippen LogP contribution in [0.1, 0.15) is 201 Å². The minimum absolute atomic E-state index is 0.00372. The molecule has 0 bridgehead atoms. The van der Waals surface area contributed by atoms with Gasteiger partial charge in [0, 0.05) is 101 Å². The summed E-state index contributed by atoms with van der Waals surface area (Å²) in [5.41, 5.74) is -2.87. The third-order valence-corrected chi connectivity index (χ3v) is 28.0. The van der Waals surface area contributed by atoms with Gasteiger partial charge >= 0.3 is 0 Å². The molecule has 2 saturated heterocycles. The van der Waals surface area contributed by atoms with E-state index < -0.39 is 209 Å². The highest BCUT2D eigenvalue weighted by molar-refractivity contribution is 7.87. The Balaban J connectivity index is 0.710. The maximum absolute atomic E-state index is 15.6. The lowest BCUT2D eigenvalue weighted by atomic mass is 9.86. The van der Waals surface area contributed by atoms with E-state index in [0.717, 1.165) is 61.4 Å². The molecule has 0 aliphatic carbocycles. The lowest BCUT2D eigenvalue weighted by Gasteiger charge is -2.30. The Morgan fingerprint density at radius 1 is 0.414 bits per heavy atom. The number of amides is 4. The Hall–Kier alpha value is -11.7. The van der Waals surface area contributed by atoms with Crippen LogP contribution < -0.4 is 21.3 Å². The Bertz CT molecular complexity index is 5580. The van der Waals surface area contributed by atoms with Crippen LogP contribution >= 0.6 is 0 Å². The fourth-order valence-electron chi connectivity index (χ4n) is 17.6. The first-order valence-electron chi connectivity index (χ1n) is 49.7. The van der Waals surface area contributed by atoms with Crippen molar-refractivity contribution in [2.75, 3.05) is 78.9 Å². The first-order chi connectivity index (χ1) is 68.8. The molecule has 0 spiro atoms. The standard InChI is InChI=1S/C107H138F2N12O22S2/c1-70(2)51-92(110-102(130)78(33-31-74-23-15-11-16-24-74)57-84(122)65-118-43-47-140-48-44-118)98(126)59-80(55-76-27-19-13-20-28-76)104(132)112-94(53-72(5)6)100(128)106(9,134)67-142-144(136,137)86-37-39-90(108)88(61-86)96(124)41-35-82-63-120(116-114-82)69-121-64-83(115-117-121)36-42-97(125)89-62-87(38-40-91(89)109)145(138,139)143-68-107(10,135)101(129)95(54-73(7)8)113-105(133)81(56-77-29-21-14-22-30-77)60-99(127)93(52-71(3)4)111-103(131)79(34-32-75-25-17-12-18-26-75)58-85(123)66-119-45-49-141-50-46-119/h11-30,37-40,61-64,70-73,78-81,92-95,134-135H,31-36,41-60,65-69H2,1-10H3,(H,110,130)(H,111,131)(H,112,132)(H,113,133)/t78-,79-,80-,81-,92+,93+,94+,95+,106?,107?/m1/s1. The summed E-state index contributed by atoms with van der Waals surface area (Å²) in [6.45, 7) is 18.5. The lowest BCUT2D eigenvalue weighted by Crippen LogP contribution is -2.54. The molecule has 10 atom stereocenters. The summed E-state index contributed by atoms with van der Waals surface area (Å²) in [5.74, 6) is -14.4. The van der Waals surface area contributed by atoms with Gasteiger partial charge in [-0.1, -0.05) is 187 Å². The number of Topliss-reactive ketones (excluding diaryl/α,β-unsaturated/α-hetero) is 8. The van der Waals surface area contributed by atoms with Crippen LogP contribution in [-0.2, 0) is 131 Å². The number of halogens is 2. The summed E-state index contributed by atoms with van der Waals surface area (Å²) in [5, 5.41) is 51.4. The number of hydrogen-bond donors (Lipinski definition) is 6. The molecule has 6 N–H and O–H groups in total. The van der Waals surface area contributed by atoms with Crippen LogP contribution in [0.5, 0.6) is 0 Å². The molecule has 8 aromatic rings. The molecular weight excluding hydrogens is 1910 g/mol. The van der Waals surface area contributed by atoms with Crippen molar-refractivity contribution in [1.82, 2.24) is 61.1 Å². The molecule has 2 fully saturated rings. The summed E-state index contributed by atoms with van der Waals surface area (Å²) < 4.78 is 111. The number of ketones is 8.